The number of hydrogen-bond acceptors (Lipinski definition) is 9. The predicted molar refractivity (Wildman–Crippen MR) is 124 cm³/mol. The van der Waals surface area contributed by atoms with Gasteiger partial charge in [-0.25, -0.2) is 0 Å². The monoisotopic (exact) mass is 488 g/mol. The van der Waals surface area contributed by atoms with E-state index in [1.54, 1.807) is 12.1 Å². The number of phenols is 1. The van der Waals surface area contributed by atoms with Crippen LogP contribution in [-0.4, -0.2) is 79.7 Å². The minimum absolute atomic E-state index is 0.0226. The molecule has 0 aromatic heterocycles. The maximum atomic E-state index is 10.4. The standard InChI is InChI=1S/C26H32O9/c1-26(2)21(29)9-16-5-13-3-12(4-14(13)8-19(16)35-26)15-6-17(28)10-18(7-15)33-25-24(32)23(31)22(30)20(11-27)34-25/h5-8,10,12,20-25,27-32H,3-4,9,11H2,1-2H3/t12-,20-,21-,22-,23+,24-,25+/m0/s1. The molecule has 2 aromatic carbocycles. The van der Waals surface area contributed by atoms with E-state index in [0.29, 0.717) is 6.42 Å². The van der Waals surface area contributed by atoms with Crippen LogP contribution >= 0.6 is 0 Å². The van der Waals surface area contributed by atoms with Gasteiger partial charge >= 0.3 is 0 Å². The van der Waals surface area contributed by atoms with Crippen molar-refractivity contribution in [3.8, 4) is 17.2 Å². The molecule has 2 aromatic rings. The van der Waals surface area contributed by atoms with E-state index in [9.17, 15) is 30.6 Å². The smallest absolute Gasteiger partial charge is 0.229 e. The second-order valence-electron chi connectivity index (χ2n) is 10.3. The molecule has 1 aliphatic carbocycles. The molecule has 190 valence electrons. The first kappa shape index (κ1) is 24.3. The van der Waals surface area contributed by atoms with Gasteiger partial charge < -0.3 is 44.8 Å². The number of hydrogen-bond donors (Lipinski definition) is 6. The van der Waals surface area contributed by atoms with E-state index in [1.807, 2.05) is 19.9 Å². The molecule has 9 nitrogen and oxygen atoms in total. The van der Waals surface area contributed by atoms with Gasteiger partial charge in [0.05, 0.1) is 12.7 Å². The fourth-order valence-electron chi connectivity index (χ4n) is 5.21. The van der Waals surface area contributed by atoms with Gasteiger partial charge in [0.2, 0.25) is 6.29 Å². The normalized spacial score (nSPS) is 33.5. The van der Waals surface area contributed by atoms with Crippen molar-refractivity contribution < 1.29 is 44.8 Å². The number of rotatable bonds is 4. The Bertz CT molecular complexity index is 1100. The Morgan fingerprint density at radius 1 is 0.886 bits per heavy atom. The van der Waals surface area contributed by atoms with Crippen molar-refractivity contribution in [1.82, 2.24) is 0 Å². The molecule has 0 radical (unpaired) electrons. The lowest BCUT2D eigenvalue weighted by Gasteiger charge is -2.39. The van der Waals surface area contributed by atoms with Crippen molar-refractivity contribution in [3.05, 3.63) is 52.6 Å². The van der Waals surface area contributed by atoms with E-state index < -0.39 is 49.0 Å². The SMILES string of the molecule is CC1(C)Oc2cc3c(cc2C[C@@H]1O)C[C@H](c1cc(O)cc(O[C@@H]2O[C@@H](CO)[C@H](O)[C@@H](O)[C@@H]2O)c1)C3. The van der Waals surface area contributed by atoms with Crippen LogP contribution in [0, 0.1) is 0 Å². The summed E-state index contributed by atoms with van der Waals surface area (Å²) in [4.78, 5) is 0. The molecule has 0 unspecified atom stereocenters. The molecule has 35 heavy (non-hydrogen) atoms. The van der Waals surface area contributed by atoms with Crippen LogP contribution in [0.2, 0.25) is 0 Å². The summed E-state index contributed by atoms with van der Waals surface area (Å²) < 4.78 is 17.2. The van der Waals surface area contributed by atoms with Crippen LogP contribution in [0.15, 0.2) is 30.3 Å². The Kier molecular flexibility index (Phi) is 6.19. The summed E-state index contributed by atoms with van der Waals surface area (Å²) in [6.45, 7) is 3.19. The number of aliphatic hydroxyl groups excluding tert-OH is 5. The molecule has 0 saturated carbocycles. The third-order valence-corrected chi connectivity index (χ3v) is 7.39. The molecule has 6 N–H and O–H groups in total. The van der Waals surface area contributed by atoms with Crippen molar-refractivity contribution in [3.63, 3.8) is 0 Å². The van der Waals surface area contributed by atoms with Gasteiger partial charge in [0, 0.05) is 12.5 Å². The minimum Gasteiger partial charge on any atom is -0.508 e. The lowest BCUT2D eigenvalue weighted by atomic mass is 9.89. The van der Waals surface area contributed by atoms with Gasteiger partial charge in [-0.3, -0.25) is 0 Å². The second kappa shape index (κ2) is 8.92. The summed E-state index contributed by atoms with van der Waals surface area (Å²) in [5.41, 5.74) is 3.49. The quantitative estimate of drug-likeness (QED) is 0.362. The molecule has 0 bridgehead atoms. The third-order valence-electron chi connectivity index (χ3n) is 7.39. The average molecular weight is 489 g/mol. The number of aliphatic hydroxyl groups is 5. The Morgan fingerprint density at radius 3 is 2.31 bits per heavy atom. The van der Waals surface area contributed by atoms with Crippen molar-refractivity contribution in [2.75, 3.05) is 6.61 Å². The van der Waals surface area contributed by atoms with Crippen molar-refractivity contribution >= 4 is 0 Å². The van der Waals surface area contributed by atoms with Crippen LogP contribution < -0.4 is 9.47 Å². The number of ether oxygens (including phenoxy) is 3. The molecule has 1 saturated heterocycles. The predicted octanol–water partition coefficient (Wildman–Crippen LogP) is 0.528. The largest absolute Gasteiger partial charge is 0.508 e. The van der Waals surface area contributed by atoms with Crippen LogP contribution in [0.5, 0.6) is 17.2 Å². The van der Waals surface area contributed by atoms with Gasteiger partial charge in [0.15, 0.2) is 0 Å². The molecular formula is C26H32O9. The highest BCUT2D eigenvalue weighted by Crippen LogP contribution is 2.42. The summed E-state index contributed by atoms with van der Waals surface area (Å²) in [5.74, 6) is 1.07. The molecule has 5 rings (SSSR count). The van der Waals surface area contributed by atoms with E-state index in [4.69, 9.17) is 14.2 Å². The molecule has 0 amide bonds. The highest BCUT2D eigenvalue weighted by molar-refractivity contribution is 5.50. The molecule has 9 heteroatoms. The number of phenolic OH excluding ortho intramolecular Hbond substituents is 1. The molecule has 1 fully saturated rings. The summed E-state index contributed by atoms with van der Waals surface area (Å²) in [5, 5.41) is 60.4. The fraction of sp³-hybridized carbons (Fsp3) is 0.538. The van der Waals surface area contributed by atoms with E-state index in [0.717, 1.165) is 35.3 Å². The van der Waals surface area contributed by atoms with Crippen LogP contribution in [0.4, 0.5) is 0 Å². The second-order valence-corrected chi connectivity index (χ2v) is 10.3. The van der Waals surface area contributed by atoms with Crippen molar-refractivity contribution in [1.29, 1.82) is 0 Å². The van der Waals surface area contributed by atoms with Crippen molar-refractivity contribution in [2.45, 2.75) is 81.4 Å². The van der Waals surface area contributed by atoms with Crippen LogP contribution in [-0.2, 0) is 24.0 Å². The summed E-state index contributed by atoms with van der Waals surface area (Å²) in [7, 11) is 0. The van der Waals surface area contributed by atoms with E-state index in [1.165, 1.54) is 11.6 Å². The summed E-state index contributed by atoms with van der Waals surface area (Å²) in [6, 6.07) is 8.94. The molecule has 0 spiro atoms. The van der Waals surface area contributed by atoms with Gasteiger partial charge in [0.1, 0.15) is 47.3 Å². The fourth-order valence-corrected chi connectivity index (χ4v) is 5.21. The number of benzene rings is 2. The highest BCUT2D eigenvalue weighted by Gasteiger charge is 2.45. The lowest BCUT2D eigenvalue weighted by Crippen LogP contribution is -2.60. The molecular weight excluding hydrogens is 456 g/mol. The van der Waals surface area contributed by atoms with Crippen molar-refractivity contribution in [2.24, 2.45) is 0 Å². The number of fused-ring (bicyclic) bond motifs is 2. The van der Waals surface area contributed by atoms with E-state index >= 15 is 0 Å². The zero-order valence-corrected chi connectivity index (χ0v) is 19.7. The van der Waals surface area contributed by atoms with Gasteiger partial charge in [-0.15, -0.1) is 0 Å². The number of aromatic hydroxyl groups is 1. The maximum Gasteiger partial charge on any atom is 0.229 e. The van der Waals surface area contributed by atoms with Crippen LogP contribution in [0.3, 0.4) is 0 Å². The van der Waals surface area contributed by atoms with Crippen LogP contribution in [0.1, 0.15) is 42.0 Å². The Morgan fingerprint density at radius 2 is 1.60 bits per heavy atom. The topological polar surface area (TPSA) is 149 Å². The highest BCUT2D eigenvalue weighted by atomic mass is 16.7. The Labute approximate surface area is 203 Å². The zero-order chi connectivity index (χ0) is 25.1. The summed E-state index contributed by atoms with van der Waals surface area (Å²) >= 11 is 0. The van der Waals surface area contributed by atoms with Gasteiger partial charge in [-0.1, -0.05) is 6.07 Å². The zero-order valence-electron chi connectivity index (χ0n) is 19.7. The molecule has 7 atom stereocenters. The molecule has 3 aliphatic rings. The Balaban J connectivity index is 1.35. The van der Waals surface area contributed by atoms with Crippen LogP contribution in [0.25, 0.3) is 0 Å². The first-order valence-electron chi connectivity index (χ1n) is 11.9. The van der Waals surface area contributed by atoms with E-state index in [2.05, 4.69) is 6.07 Å². The van der Waals surface area contributed by atoms with Gasteiger partial charge in [0.25, 0.3) is 0 Å². The average Bonchev–Trinajstić information content (AvgIpc) is 3.21. The summed E-state index contributed by atoms with van der Waals surface area (Å²) in [6.07, 6.45) is -5.57. The lowest BCUT2D eigenvalue weighted by molar-refractivity contribution is -0.277. The third kappa shape index (κ3) is 4.48. The van der Waals surface area contributed by atoms with Gasteiger partial charge in [-0.05, 0) is 73.1 Å². The maximum absolute atomic E-state index is 10.4. The first-order chi connectivity index (χ1) is 16.6. The Hall–Kier alpha value is -2.40. The first-order valence-corrected chi connectivity index (χ1v) is 11.9. The molecule has 2 heterocycles. The molecule has 2 aliphatic heterocycles. The van der Waals surface area contributed by atoms with E-state index in [-0.39, 0.29) is 17.4 Å². The minimum atomic E-state index is -1.55. The van der Waals surface area contributed by atoms with Gasteiger partial charge in [-0.2, -0.15) is 0 Å².